The normalized spacial score (nSPS) is 21.1. The molecule has 1 fully saturated rings. The monoisotopic (exact) mass is 634 g/mol. The molecule has 12 heteroatoms. The molecule has 0 spiro atoms. The molecule has 4 aliphatic rings. The first-order chi connectivity index (χ1) is 18.5. The molecule has 2 amide bonds. The molecular weight excluding hydrogens is 608 g/mol. The Labute approximate surface area is 229 Å². The number of alkyl halides is 1. The van der Waals surface area contributed by atoms with Gasteiger partial charge in [-0.1, -0.05) is 0 Å². The molecule has 1 atom stereocenters. The van der Waals surface area contributed by atoms with Crippen LogP contribution in [0.3, 0.4) is 0 Å². The van der Waals surface area contributed by atoms with E-state index in [1.807, 2.05) is 6.07 Å². The minimum absolute atomic E-state index is 0.0376. The third-order valence-electron chi connectivity index (χ3n) is 7.03. The molecule has 3 aromatic rings. The number of pyridine rings is 1. The number of aromatic amines is 1. The summed E-state index contributed by atoms with van der Waals surface area (Å²) in [4.78, 5) is 35.5. The Balaban J connectivity index is 1.47. The first-order valence-electron chi connectivity index (χ1n) is 12.3. The standard InChI is InChI=1S/C26H26FIN5O5/c1-36-24-16(27)3-2-4-17(24)30-23-21-18-11-20(32-25(21)34)28-38-26(35)33-9-6-14(7-10-33)13-37-19-12-29-8-5-15(19)22(23)31-18/h2-5,8,12,14,20,30-31H,6-7,9-11,13H2,1H3,(H,32,34)/q-1. The maximum absolute atomic E-state index is 14.5. The van der Waals surface area contributed by atoms with Gasteiger partial charge in [0.05, 0.1) is 0 Å². The van der Waals surface area contributed by atoms with Crippen LogP contribution >= 0.6 is 0 Å². The first-order valence-corrected chi connectivity index (χ1v) is 14.5. The van der Waals surface area contributed by atoms with Gasteiger partial charge in [0.2, 0.25) is 0 Å². The van der Waals surface area contributed by atoms with Crippen LogP contribution in [0.1, 0.15) is 28.9 Å². The van der Waals surface area contributed by atoms with Crippen LogP contribution in [0.4, 0.5) is 20.6 Å². The summed E-state index contributed by atoms with van der Waals surface area (Å²) in [6.07, 6.45) is 5.08. The van der Waals surface area contributed by atoms with Crippen molar-refractivity contribution in [2.45, 2.75) is 23.3 Å². The van der Waals surface area contributed by atoms with E-state index in [1.54, 1.807) is 29.4 Å². The molecule has 5 bridgehead atoms. The molecule has 10 nitrogen and oxygen atoms in total. The number of aromatic nitrogens is 2. The van der Waals surface area contributed by atoms with Crippen molar-refractivity contribution in [1.82, 2.24) is 20.2 Å². The average Bonchev–Trinajstić information content (AvgIpc) is 3.29. The van der Waals surface area contributed by atoms with Crippen molar-refractivity contribution < 1.29 is 48.1 Å². The number of nitrogens with zero attached hydrogens (tertiary/aromatic N) is 2. The molecular formula is C26H26FIN5O5-. The van der Waals surface area contributed by atoms with Gasteiger partial charge in [0.15, 0.2) is 0 Å². The zero-order valence-electron chi connectivity index (χ0n) is 20.6. The van der Waals surface area contributed by atoms with Crippen molar-refractivity contribution in [3.8, 4) is 22.8 Å². The fraction of sp³-hybridized carbons (Fsp3) is 0.346. The average molecular weight is 634 g/mol. The Bertz CT molecular complexity index is 1390. The SMILES string of the molecule is COc1c(F)cccc1Nc1c2[nH]c3c1C(=O)NC(C3)[I-]OC(=O)N1CCC(CC1)COc1cnccc1-2. The topological polar surface area (TPSA) is 118 Å². The number of rotatable bonds is 3. The predicted octanol–water partition coefficient (Wildman–Crippen LogP) is 0.825. The number of carbonyl (C=O) groups is 2. The summed E-state index contributed by atoms with van der Waals surface area (Å²) < 4.78 is 31.5. The molecule has 38 heavy (non-hydrogen) atoms. The zero-order valence-corrected chi connectivity index (χ0v) is 22.7. The van der Waals surface area contributed by atoms with Crippen molar-refractivity contribution in [2.75, 3.05) is 32.1 Å². The zero-order chi connectivity index (χ0) is 26.2. The molecule has 1 aromatic carbocycles. The number of anilines is 2. The predicted molar refractivity (Wildman–Crippen MR) is 131 cm³/mol. The van der Waals surface area contributed by atoms with Gasteiger partial charge in [-0.05, 0) is 0 Å². The van der Waals surface area contributed by atoms with E-state index in [4.69, 9.17) is 12.5 Å². The van der Waals surface area contributed by atoms with Gasteiger partial charge in [0, 0.05) is 0 Å². The molecule has 7 rings (SSSR count). The Morgan fingerprint density at radius 1 is 1.24 bits per heavy atom. The van der Waals surface area contributed by atoms with Crippen molar-refractivity contribution in [1.29, 1.82) is 0 Å². The second kappa shape index (κ2) is 10.3. The van der Waals surface area contributed by atoms with Crippen molar-refractivity contribution >= 4 is 23.4 Å². The Kier molecular flexibility index (Phi) is 6.72. The van der Waals surface area contributed by atoms with Crippen LogP contribution in [0.15, 0.2) is 36.7 Å². The first kappa shape index (κ1) is 24.8. The van der Waals surface area contributed by atoms with E-state index in [9.17, 15) is 14.0 Å². The number of halogens is 2. The number of fused-ring (bicyclic) bond motifs is 5. The molecule has 0 aliphatic carbocycles. The molecule has 0 radical (unpaired) electrons. The van der Waals surface area contributed by atoms with Crippen LogP contribution < -0.4 is 41.7 Å². The van der Waals surface area contributed by atoms with Gasteiger partial charge < -0.3 is 0 Å². The Hall–Kier alpha value is -3.55. The number of hydrogen-bond acceptors (Lipinski definition) is 7. The summed E-state index contributed by atoms with van der Waals surface area (Å²) in [5.41, 5.74) is 3.30. The van der Waals surface area contributed by atoms with Crippen molar-refractivity contribution in [2.24, 2.45) is 5.92 Å². The van der Waals surface area contributed by atoms with E-state index in [1.165, 1.54) is 13.2 Å². The number of benzene rings is 1. The number of ether oxygens (including phenoxy) is 2. The number of nitrogens with one attached hydrogen (secondary N) is 3. The summed E-state index contributed by atoms with van der Waals surface area (Å²) in [7, 11) is 1.39. The summed E-state index contributed by atoms with van der Waals surface area (Å²) >= 11 is -1.11. The molecule has 200 valence electrons. The van der Waals surface area contributed by atoms with Crippen LogP contribution in [0.2, 0.25) is 0 Å². The van der Waals surface area contributed by atoms with Crippen LogP contribution in [-0.2, 0) is 9.49 Å². The number of H-pyrrole nitrogens is 1. The van der Waals surface area contributed by atoms with Gasteiger partial charge in [-0.15, -0.1) is 0 Å². The van der Waals surface area contributed by atoms with Crippen LogP contribution in [-0.4, -0.2) is 57.7 Å². The number of methoxy groups -OCH3 is 1. The van der Waals surface area contributed by atoms with Crippen LogP contribution in [0, 0.1) is 11.7 Å². The maximum atomic E-state index is 14.5. The van der Waals surface area contributed by atoms with E-state index >= 15 is 0 Å². The van der Waals surface area contributed by atoms with Crippen LogP contribution in [0.5, 0.6) is 11.5 Å². The molecule has 1 saturated heterocycles. The van der Waals surface area contributed by atoms with E-state index in [-0.39, 0.29) is 27.7 Å². The Morgan fingerprint density at radius 3 is 2.89 bits per heavy atom. The summed E-state index contributed by atoms with van der Waals surface area (Å²) in [5.74, 6) is 0.0534. The third-order valence-corrected chi connectivity index (χ3v) is 9.02. The molecule has 1 unspecified atom stereocenters. The van der Waals surface area contributed by atoms with Crippen molar-refractivity contribution in [3.05, 3.63) is 53.7 Å². The minimum atomic E-state index is -1.11. The fourth-order valence-electron chi connectivity index (χ4n) is 5.06. The molecule has 3 N–H and O–H groups in total. The second-order valence-electron chi connectivity index (χ2n) is 9.36. The molecule has 2 aromatic heterocycles. The summed E-state index contributed by atoms with van der Waals surface area (Å²) in [5, 5.41) is 6.25. The van der Waals surface area contributed by atoms with Gasteiger partial charge >= 0.3 is 230 Å². The fourth-order valence-corrected chi connectivity index (χ4v) is 6.90. The van der Waals surface area contributed by atoms with Gasteiger partial charge in [-0.25, -0.2) is 0 Å². The van der Waals surface area contributed by atoms with E-state index in [0.717, 1.165) is 18.4 Å². The van der Waals surface area contributed by atoms with Crippen LogP contribution in [0.25, 0.3) is 11.3 Å². The molecule has 4 aliphatic heterocycles. The summed E-state index contributed by atoms with van der Waals surface area (Å²) in [6.45, 7) is 1.69. The van der Waals surface area contributed by atoms with Gasteiger partial charge in [-0.2, -0.15) is 0 Å². The number of para-hydroxylation sites is 1. The van der Waals surface area contributed by atoms with Crippen molar-refractivity contribution in [3.63, 3.8) is 0 Å². The van der Waals surface area contributed by atoms with E-state index < -0.39 is 27.4 Å². The number of carbonyl (C=O) groups excluding carboxylic acids is 2. The summed E-state index contributed by atoms with van der Waals surface area (Å²) in [6, 6.07) is 6.40. The van der Waals surface area contributed by atoms with Gasteiger partial charge in [-0.3, -0.25) is 0 Å². The quantitative estimate of drug-likeness (QED) is 0.222. The van der Waals surface area contributed by atoms with E-state index in [2.05, 4.69) is 20.6 Å². The van der Waals surface area contributed by atoms with Gasteiger partial charge in [0.25, 0.3) is 0 Å². The number of piperidine rings is 1. The molecule has 0 saturated carbocycles. The molecule has 6 heterocycles. The second-order valence-corrected chi connectivity index (χ2v) is 11.8. The van der Waals surface area contributed by atoms with E-state index in [0.29, 0.717) is 60.2 Å². The van der Waals surface area contributed by atoms with Gasteiger partial charge in [0.1, 0.15) is 0 Å². The number of hydrogen-bond donors (Lipinski definition) is 3. The number of amides is 2. The Morgan fingerprint density at radius 2 is 2.08 bits per heavy atom. The third kappa shape index (κ3) is 4.61.